The van der Waals surface area contributed by atoms with Crippen LogP contribution in [0.4, 0.5) is 11.4 Å². The van der Waals surface area contributed by atoms with Crippen molar-refractivity contribution in [2.24, 2.45) is 5.92 Å². The molecule has 0 fully saturated rings. The van der Waals surface area contributed by atoms with Crippen LogP contribution in [0.2, 0.25) is 0 Å². The second kappa shape index (κ2) is 8.18. The molecule has 0 radical (unpaired) electrons. The average Bonchev–Trinajstić information content (AvgIpc) is 2.60. The van der Waals surface area contributed by atoms with Gasteiger partial charge in [-0.1, -0.05) is 49.4 Å². The predicted molar refractivity (Wildman–Crippen MR) is 94.8 cm³/mol. The highest BCUT2D eigenvalue weighted by Gasteiger charge is 2.32. The number of carbonyl (C=O) groups excluding carboxylic acids is 1. The first-order chi connectivity index (χ1) is 11.2. The van der Waals surface area contributed by atoms with E-state index in [1.807, 2.05) is 79.4 Å². The Balaban J connectivity index is 2.53. The van der Waals surface area contributed by atoms with Crippen LogP contribution in [-0.2, 0) is 9.53 Å². The zero-order chi connectivity index (χ0) is 16.7. The monoisotopic (exact) mass is 309 g/mol. The minimum Gasteiger partial charge on any atom is -0.464 e. The lowest BCUT2D eigenvalue weighted by molar-refractivity contribution is -0.145. The molecule has 0 aliphatic carbocycles. The van der Waals surface area contributed by atoms with Crippen molar-refractivity contribution >= 4 is 17.3 Å². The van der Waals surface area contributed by atoms with Crippen LogP contribution in [0, 0.1) is 5.92 Å². The van der Waals surface area contributed by atoms with E-state index in [1.165, 1.54) is 0 Å². The van der Waals surface area contributed by atoms with Crippen LogP contribution in [0.25, 0.3) is 0 Å². The van der Waals surface area contributed by atoms with Gasteiger partial charge in [-0.15, -0.1) is 6.58 Å². The molecule has 0 N–H and O–H groups in total. The van der Waals surface area contributed by atoms with Crippen LogP contribution in [0.15, 0.2) is 73.3 Å². The van der Waals surface area contributed by atoms with Crippen LogP contribution >= 0.6 is 0 Å². The summed E-state index contributed by atoms with van der Waals surface area (Å²) < 4.78 is 5.32. The van der Waals surface area contributed by atoms with Gasteiger partial charge in [0.05, 0.1) is 6.61 Å². The van der Waals surface area contributed by atoms with Gasteiger partial charge in [0.2, 0.25) is 0 Å². The SMILES string of the molecule is C=CC(C)C(C(=O)OCC)N(c1ccccc1)c1ccccc1. The van der Waals surface area contributed by atoms with E-state index in [0.717, 1.165) is 11.4 Å². The second-order valence-electron chi connectivity index (χ2n) is 5.33. The highest BCUT2D eigenvalue weighted by Crippen LogP contribution is 2.31. The third-order valence-electron chi connectivity index (χ3n) is 3.74. The Labute approximate surface area is 138 Å². The maximum absolute atomic E-state index is 12.6. The van der Waals surface area contributed by atoms with E-state index in [4.69, 9.17) is 4.74 Å². The number of hydrogen-bond donors (Lipinski definition) is 0. The topological polar surface area (TPSA) is 29.5 Å². The van der Waals surface area contributed by atoms with Crippen LogP contribution < -0.4 is 4.90 Å². The molecule has 2 atom stereocenters. The van der Waals surface area contributed by atoms with Gasteiger partial charge in [-0.2, -0.15) is 0 Å². The van der Waals surface area contributed by atoms with E-state index in [-0.39, 0.29) is 11.9 Å². The number of benzene rings is 2. The summed E-state index contributed by atoms with van der Waals surface area (Å²) in [6.45, 7) is 8.02. The fourth-order valence-corrected chi connectivity index (χ4v) is 2.56. The summed E-state index contributed by atoms with van der Waals surface area (Å²) in [5.74, 6) is -0.304. The van der Waals surface area contributed by atoms with E-state index < -0.39 is 6.04 Å². The second-order valence-corrected chi connectivity index (χ2v) is 5.33. The van der Waals surface area contributed by atoms with Crippen molar-refractivity contribution in [2.75, 3.05) is 11.5 Å². The summed E-state index contributed by atoms with van der Waals surface area (Å²) >= 11 is 0. The van der Waals surface area contributed by atoms with E-state index in [9.17, 15) is 4.79 Å². The lowest BCUT2D eigenvalue weighted by atomic mass is 9.98. The molecule has 2 aromatic carbocycles. The van der Waals surface area contributed by atoms with Gasteiger partial charge in [-0.3, -0.25) is 0 Å². The molecule has 3 nitrogen and oxygen atoms in total. The van der Waals surface area contributed by atoms with Crippen molar-refractivity contribution in [3.05, 3.63) is 73.3 Å². The molecular weight excluding hydrogens is 286 g/mol. The number of ether oxygens (including phenoxy) is 1. The minimum absolute atomic E-state index is 0.0607. The third-order valence-corrected chi connectivity index (χ3v) is 3.74. The number of para-hydroxylation sites is 2. The molecule has 0 amide bonds. The molecule has 23 heavy (non-hydrogen) atoms. The zero-order valence-electron chi connectivity index (χ0n) is 13.7. The van der Waals surface area contributed by atoms with Gasteiger partial charge in [0, 0.05) is 17.3 Å². The number of rotatable bonds is 7. The molecule has 0 saturated heterocycles. The minimum atomic E-state index is -0.461. The molecule has 0 aliphatic rings. The smallest absolute Gasteiger partial charge is 0.329 e. The largest absolute Gasteiger partial charge is 0.464 e. The molecule has 0 bridgehead atoms. The van der Waals surface area contributed by atoms with Gasteiger partial charge in [0.15, 0.2) is 0 Å². The van der Waals surface area contributed by atoms with Gasteiger partial charge >= 0.3 is 5.97 Å². The summed E-state index contributed by atoms with van der Waals surface area (Å²) in [4.78, 5) is 14.6. The normalized spacial score (nSPS) is 13.0. The van der Waals surface area contributed by atoms with E-state index in [1.54, 1.807) is 6.08 Å². The van der Waals surface area contributed by atoms with Gasteiger partial charge in [0.1, 0.15) is 6.04 Å². The first-order valence-corrected chi connectivity index (χ1v) is 7.87. The zero-order valence-corrected chi connectivity index (χ0v) is 13.7. The molecule has 2 aromatic rings. The summed E-state index contributed by atoms with van der Waals surface area (Å²) in [5.41, 5.74) is 1.90. The number of hydrogen-bond acceptors (Lipinski definition) is 3. The molecule has 0 aliphatic heterocycles. The summed E-state index contributed by atoms with van der Waals surface area (Å²) in [7, 11) is 0. The Bertz CT molecular complexity index is 585. The van der Waals surface area contributed by atoms with Crippen molar-refractivity contribution in [1.82, 2.24) is 0 Å². The van der Waals surface area contributed by atoms with Gasteiger partial charge in [-0.05, 0) is 31.2 Å². The molecule has 2 unspecified atom stereocenters. The van der Waals surface area contributed by atoms with E-state index >= 15 is 0 Å². The lowest BCUT2D eigenvalue weighted by Gasteiger charge is -2.34. The average molecular weight is 309 g/mol. The Morgan fingerprint density at radius 3 is 1.96 bits per heavy atom. The van der Waals surface area contributed by atoms with Crippen molar-refractivity contribution in [3.63, 3.8) is 0 Å². The summed E-state index contributed by atoms with van der Waals surface area (Å²) in [6, 6.07) is 19.3. The highest BCUT2D eigenvalue weighted by molar-refractivity contribution is 5.84. The summed E-state index contributed by atoms with van der Waals surface area (Å²) in [6.07, 6.45) is 1.79. The first-order valence-electron chi connectivity index (χ1n) is 7.87. The maximum Gasteiger partial charge on any atom is 0.329 e. The predicted octanol–water partition coefficient (Wildman–Crippen LogP) is 4.58. The van der Waals surface area contributed by atoms with Crippen LogP contribution in [-0.4, -0.2) is 18.6 Å². The van der Waals surface area contributed by atoms with E-state index in [0.29, 0.717) is 6.61 Å². The molecule has 3 heteroatoms. The van der Waals surface area contributed by atoms with Gasteiger partial charge < -0.3 is 9.64 Å². The number of anilines is 2. The number of carbonyl (C=O) groups is 1. The Morgan fingerprint density at radius 2 is 1.57 bits per heavy atom. The van der Waals surface area contributed by atoms with Crippen molar-refractivity contribution < 1.29 is 9.53 Å². The molecule has 2 rings (SSSR count). The Hall–Kier alpha value is -2.55. The standard InChI is InChI=1S/C20H23NO2/c1-4-16(3)19(20(22)23-5-2)21(17-12-8-6-9-13-17)18-14-10-7-11-15-18/h4,6-16,19H,1,5H2,2-3H3. The summed E-state index contributed by atoms with van der Waals surface area (Å²) in [5, 5.41) is 0. The number of nitrogens with zero attached hydrogens (tertiary/aromatic N) is 1. The molecule has 0 aromatic heterocycles. The lowest BCUT2D eigenvalue weighted by Crippen LogP contribution is -2.43. The Morgan fingerprint density at radius 1 is 1.09 bits per heavy atom. The van der Waals surface area contributed by atoms with Crippen molar-refractivity contribution in [1.29, 1.82) is 0 Å². The first kappa shape index (κ1) is 16.8. The highest BCUT2D eigenvalue weighted by atomic mass is 16.5. The van der Waals surface area contributed by atoms with Gasteiger partial charge in [-0.25, -0.2) is 4.79 Å². The maximum atomic E-state index is 12.6. The van der Waals surface area contributed by atoms with E-state index in [2.05, 4.69) is 6.58 Å². The number of esters is 1. The molecular formula is C20H23NO2. The molecule has 0 saturated carbocycles. The van der Waals surface area contributed by atoms with Crippen LogP contribution in [0.3, 0.4) is 0 Å². The quantitative estimate of drug-likeness (QED) is 0.554. The Kier molecular flexibility index (Phi) is 5.98. The fraction of sp³-hybridized carbons (Fsp3) is 0.250. The van der Waals surface area contributed by atoms with Crippen LogP contribution in [0.5, 0.6) is 0 Å². The third kappa shape index (κ3) is 4.01. The van der Waals surface area contributed by atoms with Crippen molar-refractivity contribution in [2.45, 2.75) is 19.9 Å². The van der Waals surface area contributed by atoms with Gasteiger partial charge in [0.25, 0.3) is 0 Å². The molecule has 120 valence electrons. The fourth-order valence-electron chi connectivity index (χ4n) is 2.56. The van der Waals surface area contributed by atoms with Crippen molar-refractivity contribution in [3.8, 4) is 0 Å². The molecule has 0 spiro atoms. The van der Waals surface area contributed by atoms with Crippen LogP contribution in [0.1, 0.15) is 13.8 Å². The molecule has 0 heterocycles.